The molecule has 3 N–H and O–H groups in total. The van der Waals surface area contributed by atoms with E-state index in [-0.39, 0.29) is 18.2 Å². The Bertz CT molecular complexity index is 789. The van der Waals surface area contributed by atoms with Gasteiger partial charge in [-0.05, 0) is 86.9 Å². The van der Waals surface area contributed by atoms with Crippen LogP contribution in [0.2, 0.25) is 0 Å². The zero-order valence-electron chi connectivity index (χ0n) is 13.6. The van der Waals surface area contributed by atoms with Crippen molar-refractivity contribution in [3.63, 3.8) is 0 Å². The molecule has 0 aliphatic heterocycles. The molecule has 0 spiro atoms. The number of ether oxygens (including phenoxy) is 1. The third-order valence-electron chi connectivity index (χ3n) is 3.26. The van der Waals surface area contributed by atoms with Crippen LogP contribution >= 0.6 is 38.5 Å². The van der Waals surface area contributed by atoms with Crippen LogP contribution in [0.1, 0.15) is 11.1 Å². The number of phenols is 1. The molecular formula is C17H17BrIN3O3. The zero-order valence-corrected chi connectivity index (χ0v) is 17.4. The van der Waals surface area contributed by atoms with Crippen LogP contribution in [0.5, 0.6) is 11.5 Å². The number of carbonyl (C=O) groups is 1. The van der Waals surface area contributed by atoms with Crippen LogP contribution in [0.25, 0.3) is 0 Å². The second kappa shape index (κ2) is 9.04. The van der Waals surface area contributed by atoms with Gasteiger partial charge in [0.25, 0.3) is 5.91 Å². The lowest BCUT2D eigenvalue weighted by Crippen LogP contribution is -2.25. The van der Waals surface area contributed by atoms with Gasteiger partial charge >= 0.3 is 0 Å². The number of hydrogen-bond donors (Lipinski definition) is 3. The molecule has 2 aromatic rings. The molecule has 132 valence electrons. The molecule has 0 aliphatic carbocycles. The van der Waals surface area contributed by atoms with Gasteiger partial charge in [0.1, 0.15) is 0 Å². The Morgan fingerprint density at radius 3 is 2.80 bits per heavy atom. The molecular weight excluding hydrogens is 501 g/mol. The number of rotatable bonds is 6. The number of phenolic OH excluding ortho intramolecular Hbond substituents is 1. The molecule has 2 rings (SSSR count). The van der Waals surface area contributed by atoms with Crippen molar-refractivity contribution in [2.45, 2.75) is 6.92 Å². The molecule has 2 aromatic carbocycles. The van der Waals surface area contributed by atoms with Crippen molar-refractivity contribution >= 4 is 56.3 Å². The fourth-order valence-electron chi connectivity index (χ4n) is 2.03. The number of methoxy groups -OCH3 is 1. The highest BCUT2D eigenvalue weighted by atomic mass is 127. The summed E-state index contributed by atoms with van der Waals surface area (Å²) in [6.45, 7) is 2.12. The molecule has 0 aromatic heterocycles. The van der Waals surface area contributed by atoms with Gasteiger partial charge in [0.05, 0.1) is 24.3 Å². The summed E-state index contributed by atoms with van der Waals surface area (Å²) >= 11 is 5.56. The van der Waals surface area contributed by atoms with Crippen molar-refractivity contribution in [1.82, 2.24) is 5.43 Å². The largest absolute Gasteiger partial charge is 0.504 e. The first-order valence-electron chi connectivity index (χ1n) is 7.29. The van der Waals surface area contributed by atoms with Gasteiger partial charge in [0.2, 0.25) is 0 Å². The minimum absolute atomic E-state index is 0.0135. The quantitative estimate of drug-likeness (QED) is 0.310. The molecule has 0 radical (unpaired) electrons. The van der Waals surface area contributed by atoms with E-state index in [2.05, 4.69) is 54.4 Å². The van der Waals surface area contributed by atoms with Gasteiger partial charge in [0.15, 0.2) is 11.5 Å². The molecule has 0 fully saturated rings. The van der Waals surface area contributed by atoms with Gasteiger partial charge in [-0.2, -0.15) is 5.10 Å². The monoisotopic (exact) mass is 517 g/mol. The smallest absolute Gasteiger partial charge is 0.259 e. The lowest BCUT2D eigenvalue weighted by Gasteiger charge is -2.08. The minimum atomic E-state index is -0.274. The highest BCUT2D eigenvalue weighted by Crippen LogP contribution is 2.34. The van der Waals surface area contributed by atoms with Crippen molar-refractivity contribution in [3.05, 3.63) is 49.5 Å². The molecule has 6 nitrogen and oxygen atoms in total. The van der Waals surface area contributed by atoms with Gasteiger partial charge in [-0.1, -0.05) is 0 Å². The summed E-state index contributed by atoms with van der Waals surface area (Å²) in [5.74, 6) is 0.0582. The van der Waals surface area contributed by atoms with E-state index >= 15 is 0 Å². The van der Waals surface area contributed by atoms with Gasteiger partial charge in [0, 0.05) is 9.26 Å². The zero-order chi connectivity index (χ0) is 18.4. The van der Waals surface area contributed by atoms with Crippen LogP contribution in [0.4, 0.5) is 5.69 Å². The Morgan fingerprint density at radius 2 is 2.16 bits per heavy atom. The number of aryl methyl sites for hydroxylation is 1. The number of amides is 1. The fraction of sp³-hybridized carbons (Fsp3) is 0.176. The highest BCUT2D eigenvalue weighted by Gasteiger charge is 2.08. The number of hydrazone groups is 1. The summed E-state index contributed by atoms with van der Waals surface area (Å²) in [5.41, 5.74) is 5.07. The van der Waals surface area contributed by atoms with Crippen LogP contribution < -0.4 is 15.5 Å². The lowest BCUT2D eigenvalue weighted by molar-refractivity contribution is -0.119. The minimum Gasteiger partial charge on any atom is -0.504 e. The van der Waals surface area contributed by atoms with Crippen LogP contribution in [-0.2, 0) is 4.79 Å². The highest BCUT2D eigenvalue weighted by molar-refractivity contribution is 14.1. The van der Waals surface area contributed by atoms with Crippen LogP contribution in [0.3, 0.4) is 0 Å². The van der Waals surface area contributed by atoms with Crippen LogP contribution in [0.15, 0.2) is 39.9 Å². The fourth-order valence-corrected chi connectivity index (χ4v) is 3.00. The average Bonchev–Trinajstić information content (AvgIpc) is 2.56. The van der Waals surface area contributed by atoms with Crippen molar-refractivity contribution in [1.29, 1.82) is 0 Å². The average molecular weight is 518 g/mol. The Balaban J connectivity index is 1.89. The number of hydrogen-bond acceptors (Lipinski definition) is 5. The van der Waals surface area contributed by atoms with Gasteiger partial charge in [-0.3, -0.25) is 4.79 Å². The van der Waals surface area contributed by atoms with Crippen LogP contribution in [-0.4, -0.2) is 30.9 Å². The number of carbonyl (C=O) groups excluding carboxylic acids is 1. The van der Waals surface area contributed by atoms with E-state index in [9.17, 15) is 9.90 Å². The van der Waals surface area contributed by atoms with E-state index in [4.69, 9.17) is 4.74 Å². The van der Waals surface area contributed by atoms with E-state index < -0.39 is 0 Å². The SMILES string of the molecule is COc1c(O)cc(/C=N/NC(=O)CNc2ccc(I)c(C)c2)cc1Br. The maximum atomic E-state index is 11.8. The molecule has 8 heteroatoms. The number of halogens is 2. The number of nitrogens with zero attached hydrogens (tertiary/aromatic N) is 1. The Hall–Kier alpha value is -1.81. The number of aromatic hydroxyl groups is 1. The molecule has 0 heterocycles. The number of anilines is 1. The molecule has 0 atom stereocenters. The second-order valence-electron chi connectivity index (χ2n) is 5.17. The predicted octanol–water partition coefficient (Wildman–Crippen LogP) is 3.64. The van der Waals surface area contributed by atoms with E-state index in [1.807, 2.05) is 25.1 Å². The molecule has 0 unspecified atom stereocenters. The van der Waals surface area contributed by atoms with Crippen LogP contribution in [0, 0.1) is 10.5 Å². The first-order chi connectivity index (χ1) is 11.9. The number of benzene rings is 2. The van der Waals surface area contributed by atoms with Crippen molar-refractivity contribution in [3.8, 4) is 11.5 Å². The summed E-state index contributed by atoms with van der Waals surface area (Å²) in [4.78, 5) is 11.8. The predicted molar refractivity (Wildman–Crippen MR) is 110 cm³/mol. The van der Waals surface area contributed by atoms with E-state index in [0.29, 0.717) is 15.8 Å². The van der Waals surface area contributed by atoms with Crippen molar-refractivity contribution in [2.75, 3.05) is 19.0 Å². The van der Waals surface area contributed by atoms with E-state index in [0.717, 1.165) is 11.3 Å². The van der Waals surface area contributed by atoms with E-state index in [1.165, 1.54) is 23.0 Å². The first-order valence-corrected chi connectivity index (χ1v) is 9.16. The third-order valence-corrected chi connectivity index (χ3v) is 5.06. The summed E-state index contributed by atoms with van der Waals surface area (Å²) in [6.07, 6.45) is 1.44. The molecule has 0 bridgehead atoms. The Kier molecular flexibility index (Phi) is 7.06. The lowest BCUT2D eigenvalue weighted by atomic mass is 10.2. The summed E-state index contributed by atoms with van der Waals surface area (Å²) in [6, 6.07) is 9.11. The van der Waals surface area contributed by atoms with Gasteiger partial charge < -0.3 is 15.2 Å². The molecule has 0 saturated heterocycles. The normalized spacial score (nSPS) is 10.7. The summed E-state index contributed by atoms with van der Waals surface area (Å²) in [5, 5.41) is 16.7. The standard InChI is InChI=1S/C17H17BrIN3O3/c1-10-5-12(3-4-14(10)19)20-9-16(24)22-21-8-11-6-13(18)17(25-2)15(23)7-11/h3-8,20,23H,9H2,1-2H3,(H,22,24)/b21-8+. The maximum Gasteiger partial charge on any atom is 0.259 e. The third kappa shape index (κ3) is 5.60. The van der Waals surface area contributed by atoms with E-state index in [1.54, 1.807) is 6.07 Å². The Labute approximate surface area is 167 Å². The number of nitrogens with one attached hydrogen (secondary N) is 2. The molecule has 25 heavy (non-hydrogen) atoms. The Morgan fingerprint density at radius 1 is 1.40 bits per heavy atom. The molecule has 0 saturated carbocycles. The van der Waals surface area contributed by atoms with Crippen molar-refractivity contribution in [2.24, 2.45) is 5.10 Å². The maximum absolute atomic E-state index is 11.8. The molecule has 1 amide bonds. The topological polar surface area (TPSA) is 83.0 Å². The van der Waals surface area contributed by atoms with Gasteiger partial charge in [-0.25, -0.2) is 5.43 Å². The summed E-state index contributed by atoms with van der Waals surface area (Å²) in [7, 11) is 1.47. The first kappa shape index (κ1) is 19.5. The second-order valence-corrected chi connectivity index (χ2v) is 7.18. The summed E-state index contributed by atoms with van der Waals surface area (Å²) < 4.78 is 6.81. The molecule has 0 aliphatic rings. The van der Waals surface area contributed by atoms with Gasteiger partial charge in [-0.15, -0.1) is 0 Å². The van der Waals surface area contributed by atoms with Crippen molar-refractivity contribution < 1.29 is 14.6 Å².